The van der Waals surface area contributed by atoms with Crippen LogP contribution < -0.4 is 0 Å². The number of aliphatic carboxylic acids is 1. The molecule has 1 N–H and O–H groups in total. The van der Waals surface area contributed by atoms with E-state index in [-0.39, 0.29) is 12.5 Å². The number of carbonyl (C=O) groups excluding carboxylic acids is 1. The molecule has 3 heterocycles. The molecule has 0 spiro atoms. The van der Waals surface area contributed by atoms with Crippen LogP contribution in [0.25, 0.3) is 9.88 Å². The zero-order chi connectivity index (χ0) is 15.0. The molecule has 7 heteroatoms. The van der Waals surface area contributed by atoms with Crippen molar-refractivity contribution < 1.29 is 14.7 Å². The van der Waals surface area contributed by atoms with Crippen molar-refractivity contribution in [1.29, 1.82) is 0 Å². The number of carbonyl (C=O) groups is 2. The molecule has 1 fully saturated rings. The van der Waals surface area contributed by atoms with Gasteiger partial charge in [0.2, 0.25) is 0 Å². The van der Waals surface area contributed by atoms with E-state index in [2.05, 4.69) is 4.98 Å². The van der Waals surface area contributed by atoms with Crippen molar-refractivity contribution in [2.75, 3.05) is 13.1 Å². The summed E-state index contributed by atoms with van der Waals surface area (Å²) in [5.74, 6) is -0.971. The third kappa shape index (κ3) is 2.58. The number of carboxylic acid groups (broad SMARTS) is 1. The Hall–Kier alpha value is -1.73. The van der Waals surface area contributed by atoms with Gasteiger partial charge in [-0.25, -0.2) is 4.98 Å². The van der Waals surface area contributed by atoms with Gasteiger partial charge in [-0.3, -0.25) is 9.59 Å². The van der Waals surface area contributed by atoms with Crippen molar-refractivity contribution >= 4 is 34.6 Å². The van der Waals surface area contributed by atoms with Crippen LogP contribution in [0.15, 0.2) is 23.7 Å². The molecule has 110 valence electrons. The maximum Gasteiger partial charge on any atom is 0.311 e. The monoisotopic (exact) mass is 322 g/mol. The Morgan fingerprint density at radius 1 is 1.48 bits per heavy atom. The Kier molecular flexibility index (Phi) is 3.54. The highest BCUT2D eigenvalue weighted by molar-refractivity contribution is 7.21. The SMILES string of the molecule is CC1(C(=O)O)CCN(C(=O)c2cnc(-c3cccs3)s2)C1. The maximum atomic E-state index is 12.4. The van der Waals surface area contributed by atoms with Crippen LogP contribution in [0.5, 0.6) is 0 Å². The van der Waals surface area contributed by atoms with E-state index in [4.69, 9.17) is 0 Å². The minimum atomic E-state index is -0.846. The van der Waals surface area contributed by atoms with Gasteiger partial charge in [0.1, 0.15) is 9.88 Å². The highest BCUT2D eigenvalue weighted by Crippen LogP contribution is 2.33. The lowest BCUT2D eigenvalue weighted by Crippen LogP contribution is -2.34. The van der Waals surface area contributed by atoms with Gasteiger partial charge in [0.25, 0.3) is 5.91 Å². The fourth-order valence-electron chi connectivity index (χ4n) is 2.35. The number of aromatic nitrogens is 1. The lowest BCUT2D eigenvalue weighted by Gasteiger charge is -2.19. The molecule has 1 unspecified atom stereocenters. The maximum absolute atomic E-state index is 12.4. The van der Waals surface area contributed by atoms with Crippen LogP contribution in [0.2, 0.25) is 0 Å². The van der Waals surface area contributed by atoms with Crippen molar-refractivity contribution in [2.45, 2.75) is 13.3 Å². The summed E-state index contributed by atoms with van der Waals surface area (Å²) in [5, 5.41) is 12.0. The summed E-state index contributed by atoms with van der Waals surface area (Å²) in [6.45, 7) is 2.42. The van der Waals surface area contributed by atoms with E-state index in [1.54, 1.807) is 29.4 Å². The van der Waals surface area contributed by atoms with E-state index in [9.17, 15) is 14.7 Å². The fourth-order valence-corrected chi connectivity index (χ4v) is 4.04. The first-order valence-corrected chi connectivity index (χ1v) is 8.22. The number of thiazole rings is 1. The number of nitrogens with zero attached hydrogens (tertiary/aromatic N) is 2. The van der Waals surface area contributed by atoms with E-state index in [0.717, 1.165) is 9.88 Å². The zero-order valence-electron chi connectivity index (χ0n) is 11.4. The highest BCUT2D eigenvalue weighted by atomic mass is 32.1. The Morgan fingerprint density at radius 2 is 2.29 bits per heavy atom. The van der Waals surface area contributed by atoms with Gasteiger partial charge in [0.15, 0.2) is 0 Å². The average molecular weight is 322 g/mol. The van der Waals surface area contributed by atoms with Crippen molar-refractivity contribution in [3.8, 4) is 9.88 Å². The molecule has 1 saturated heterocycles. The molecule has 2 aromatic rings. The average Bonchev–Trinajstić information content (AvgIpc) is 3.18. The van der Waals surface area contributed by atoms with Gasteiger partial charge in [0, 0.05) is 13.1 Å². The van der Waals surface area contributed by atoms with Crippen LogP contribution in [0.4, 0.5) is 0 Å². The van der Waals surface area contributed by atoms with Crippen molar-refractivity contribution in [2.24, 2.45) is 5.41 Å². The van der Waals surface area contributed by atoms with Crippen molar-refractivity contribution in [3.05, 3.63) is 28.6 Å². The van der Waals surface area contributed by atoms with Gasteiger partial charge in [0.05, 0.1) is 16.5 Å². The molecule has 0 saturated carbocycles. The lowest BCUT2D eigenvalue weighted by molar-refractivity contribution is -0.147. The first-order valence-electron chi connectivity index (χ1n) is 6.52. The normalized spacial score (nSPS) is 21.7. The molecule has 1 aliphatic rings. The van der Waals surface area contributed by atoms with Crippen LogP contribution in [0.3, 0.4) is 0 Å². The van der Waals surface area contributed by atoms with Gasteiger partial charge in [-0.1, -0.05) is 6.07 Å². The molecule has 3 rings (SSSR count). The van der Waals surface area contributed by atoms with Crippen LogP contribution in [-0.2, 0) is 4.79 Å². The molecule has 0 aliphatic carbocycles. The molecule has 21 heavy (non-hydrogen) atoms. The second-order valence-electron chi connectivity index (χ2n) is 5.35. The number of hydrogen-bond donors (Lipinski definition) is 1. The number of amides is 1. The fraction of sp³-hybridized carbons (Fsp3) is 0.357. The molecule has 0 radical (unpaired) electrons. The summed E-state index contributed by atoms with van der Waals surface area (Å²) < 4.78 is 0. The summed E-state index contributed by atoms with van der Waals surface area (Å²) in [5.41, 5.74) is -0.836. The van der Waals surface area contributed by atoms with Gasteiger partial charge < -0.3 is 10.0 Å². The third-order valence-electron chi connectivity index (χ3n) is 3.73. The molecular formula is C14H14N2O3S2. The van der Waals surface area contributed by atoms with Crippen LogP contribution in [0, 0.1) is 5.41 Å². The van der Waals surface area contributed by atoms with E-state index < -0.39 is 11.4 Å². The van der Waals surface area contributed by atoms with Crippen molar-refractivity contribution in [1.82, 2.24) is 9.88 Å². The van der Waals surface area contributed by atoms with E-state index in [1.807, 2.05) is 17.5 Å². The van der Waals surface area contributed by atoms with E-state index in [1.165, 1.54) is 11.3 Å². The van der Waals surface area contributed by atoms with Crippen LogP contribution in [-0.4, -0.2) is 40.0 Å². The topological polar surface area (TPSA) is 70.5 Å². The second kappa shape index (κ2) is 5.23. The molecule has 5 nitrogen and oxygen atoms in total. The van der Waals surface area contributed by atoms with Crippen LogP contribution in [0.1, 0.15) is 23.0 Å². The Bertz CT molecular complexity index is 680. The smallest absolute Gasteiger partial charge is 0.311 e. The third-order valence-corrected chi connectivity index (χ3v) is 5.75. The summed E-state index contributed by atoms with van der Waals surface area (Å²) in [4.78, 5) is 31.2. The van der Waals surface area contributed by atoms with Gasteiger partial charge in [-0.15, -0.1) is 22.7 Å². The Balaban J connectivity index is 1.76. The summed E-state index contributed by atoms with van der Waals surface area (Å²) >= 11 is 2.94. The predicted octanol–water partition coefficient (Wildman–Crippen LogP) is 2.81. The minimum Gasteiger partial charge on any atom is -0.481 e. The molecule has 1 aliphatic heterocycles. The summed E-state index contributed by atoms with van der Waals surface area (Å²) in [6.07, 6.45) is 2.07. The molecule has 0 bridgehead atoms. The predicted molar refractivity (Wildman–Crippen MR) is 81.7 cm³/mol. The number of rotatable bonds is 3. The quantitative estimate of drug-likeness (QED) is 0.943. The molecule has 1 amide bonds. The standard InChI is InChI=1S/C14H14N2O3S2/c1-14(13(18)19)4-5-16(8-14)12(17)10-7-15-11(21-10)9-3-2-6-20-9/h2-3,6-7H,4-5,8H2,1H3,(H,18,19). The Labute approximate surface area is 129 Å². The van der Waals surface area contributed by atoms with E-state index >= 15 is 0 Å². The number of thiophene rings is 1. The van der Waals surface area contributed by atoms with Gasteiger partial charge in [-0.05, 0) is 24.8 Å². The largest absolute Gasteiger partial charge is 0.481 e. The number of carboxylic acids is 1. The molecule has 1 atom stereocenters. The van der Waals surface area contributed by atoms with Gasteiger partial charge >= 0.3 is 5.97 Å². The lowest BCUT2D eigenvalue weighted by atomic mass is 9.90. The number of hydrogen-bond acceptors (Lipinski definition) is 5. The Morgan fingerprint density at radius 3 is 2.90 bits per heavy atom. The summed E-state index contributed by atoms with van der Waals surface area (Å²) in [6, 6.07) is 3.91. The summed E-state index contributed by atoms with van der Waals surface area (Å²) in [7, 11) is 0. The molecule has 0 aromatic carbocycles. The second-order valence-corrected chi connectivity index (χ2v) is 7.33. The van der Waals surface area contributed by atoms with Crippen LogP contribution >= 0.6 is 22.7 Å². The minimum absolute atomic E-state index is 0.125. The van der Waals surface area contributed by atoms with Gasteiger partial charge in [-0.2, -0.15) is 0 Å². The van der Waals surface area contributed by atoms with Crippen molar-refractivity contribution in [3.63, 3.8) is 0 Å². The first kappa shape index (κ1) is 14.2. The highest BCUT2D eigenvalue weighted by Gasteiger charge is 2.42. The van der Waals surface area contributed by atoms with E-state index in [0.29, 0.717) is 17.8 Å². The first-order chi connectivity index (χ1) is 9.99. The zero-order valence-corrected chi connectivity index (χ0v) is 13.0. The molecule has 2 aromatic heterocycles. The number of likely N-dealkylation sites (tertiary alicyclic amines) is 1. The molecular weight excluding hydrogens is 308 g/mol.